The molecule has 0 bridgehead atoms. The summed E-state index contributed by atoms with van der Waals surface area (Å²) in [5, 5.41) is 5.95. The Balaban J connectivity index is 3.64. The summed E-state index contributed by atoms with van der Waals surface area (Å²) in [5.74, 6) is -0.648. The van der Waals surface area contributed by atoms with Crippen molar-refractivity contribution in [2.24, 2.45) is 5.92 Å². The summed E-state index contributed by atoms with van der Waals surface area (Å²) in [7, 11) is 0. The predicted molar refractivity (Wildman–Crippen MR) is 155 cm³/mol. The van der Waals surface area contributed by atoms with Gasteiger partial charge in [-0.2, -0.15) is 0 Å². The van der Waals surface area contributed by atoms with E-state index in [4.69, 9.17) is 4.74 Å². The molecule has 7 heteroatoms. The van der Waals surface area contributed by atoms with E-state index >= 15 is 0 Å². The van der Waals surface area contributed by atoms with Gasteiger partial charge in [-0.15, -0.1) is 0 Å². The number of hydrogen-bond acceptors (Lipinski definition) is 4. The van der Waals surface area contributed by atoms with Gasteiger partial charge in [0.25, 0.3) is 0 Å². The maximum absolute atomic E-state index is 14.4. The highest BCUT2D eigenvalue weighted by molar-refractivity contribution is 5.92. The van der Waals surface area contributed by atoms with Crippen molar-refractivity contribution in [3.63, 3.8) is 0 Å². The summed E-state index contributed by atoms with van der Waals surface area (Å²) < 4.78 is 5.50. The number of benzene rings is 1. The van der Waals surface area contributed by atoms with Crippen LogP contribution in [0.3, 0.4) is 0 Å². The Morgan fingerprint density at radius 1 is 0.974 bits per heavy atom. The Morgan fingerprint density at radius 2 is 1.61 bits per heavy atom. The lowest BCUT2D eigenvalue weighted by Gasteiger charge is -2.38. The van der Waals surface area contributed by atoms with Crippen LogP contribution in [0.4, 0.5) is 4.79 Å². The van der Waals surface area contributed by atoms with Crippen molar-refractivity contribution in [2.45, 2.75) is 131 Å². The number of amides is 3. The first-order valence-electron chi connectivity index (χ1n) is 14.2. The van der Waals surface area contributed by atoms with Crippen LogP contribution in [0, 0.1) is 19.8 Å². The zero-order valence-corrected chi connectivity index (χ0v) is 25.8. The quantitative estimate of drug-likeness (QED) is 0.297. The number of hydrogen-bond donors (Lipinski definition) is 2. The maximum atomic E-state index is 14.4. The second-order valence-electron chi connectivity index (χ2n) is 12.5. The van der Waals surface area contributed by atoms with E-state index in [-0.39, 0.29) is 17.7 Å². The molecule has 2 N–H and O–H groups in total. The van der Waals surface area contributed by atoms with Crippen LogP contribution in [0.25, 0.3) is 0 Å². The molecule has 0 aliphatic heterocycles. The van der Waals surface area contributed by atoms with Crippen LogP contribution >= 0.6 is 0 Å². The Bertz CT molecular complexity index is 930. The molecule has 0 aromatic heterocycles. The molecule has 1 aromatic carbocycles. The first-order valence-corrected chi connectivity index (χ1v) is 14.2. The Hall–Kier alpha value is -2.57. The largest absolute Gasteiger partial charge is 0.444 e. The number of unbranched alkanes of at least 4 members (excludes halogenated alkanes) is 3. The number of nitrogens with one attached hydrogen (secondary N) is 2. The monoisotopic (exact) mass is 531 g/mol. The topological polar surface area (TPSA) is 87.7 Å². The van der Waals surface area contributed by atoms with Gasteiger partial charge in [-0.25, -0.2) is 4.79 Å². The fourth-order valence-electron chi connectivity index (χ4n) is 4.33. The van der Waals surface area contributed by atoms with Crippen molar-refractivity contribution in [3.8, 4) is 0 Å². The molecule has 3 unspecified atom stereocenters. The van der Waals surface area contributed by atoms with Crippen LogP contribution in [0.2, 0.25) is 0 Å². The highest BCUT2D eigenvalue weighted by Gasteiger charge is 2.39. The van der Waals surface area contributed by atoms with Gasteiger partial charge < -0.3 is 20.3 Å². The average Bonchev–Trinajstić information content (AvgIpc) is 2.78. The lowest BCUT2D eigenvalue weighted by atomic mass is 9.92. The fourth-order valence-corrected chi connectivity index (χ4v) is 4.33. The second kappa shape index (κ2) is 14.5. The second-order valence-corrected chi connectivity index (χ2v) is 12.5. The number of rotatable bonds is 12. The smallest absolute Gasteiger partial charge is 0.408 e. The molecule has 38 heavy (non-hydrogen) atoms. The lowest BCUT2D eigenvalue weighted by molar-refractivity contribution is -0.144. The molecule has 1 rings (SSSR count). The third-order valence-electron chi connectivity index (χ3n) is 6.69. The molecule has 0 fully saturated rings. The first-order chi connectivity index (χ1) is 17.5. The van der Waals surface area contributed by atoms with Gasteiger partial charge in [0.1, 0.15) is 17.7 Å². The minimum atomic E-state index is -0.824. The SMILES string of the molecule is CCCCCCN(C(=O)C(NC(=O)OC(C)(C)C)C(C)CC)C(C(=O)NC(C)(C)C)c1cccc(C)c1C. The third-order valence-corrected chi connectivity index (χ3v) is 6.69. The van der Waals surface area contributed by atoms with E-state index in [1.807, 2.05) is 66.7 Å². The van der Waals surface area contributed by atoms with Gasteiger partial charge in [0, 0.05) is 12.1 Å². The van der Waals surface area contributed by atoms with Gasteiger partial charge >= 0.3 is 6.09 Å². The van der Waals surface area contributed by atoms with Gasteiger partial charge in [0.2, 0.25) is 11.8 Å². The van der Waals surface area contributed by atoms with Crippen LogP contribution in [-0.2, 0) is 14.3 Å². The van der Waals surface area contributed by atoms with E-state index in [2.05, 4.69) is 17.6 Å². The highest BCUT2D eigenvalue weighted by Crippen LogP contribution is 2.29. The molecule has 1 aromatic rings. The van der Waals surface area contributed by atoms with Crippen LogP contribution in [0.5, 0.6) is 0 Å². The number of nitrogens with zero attached hydrogens (tertiary/aromatic N) is 1. The summed E-state index contributed by atoms with van der Waals surface area (Å²) in [6.07, 6.45) is 3.88. The summed E-state index contributed by atoms with van der Waals surface area (Å²) >= 11 is 0. The summed E-state index contributed by atoms with van der Waals surface area (Å²) in [6, 6.07) is 4.23. The van der Waals surface area contributed by atoms with Crippen LogP contribution in [0.1, 0.15) is 117 Å². The standard InChI is InChI=1S/C31H53N3O4/c1-12-14-15-16-20-34(28(36)25(21(3)13-2)32-29(37)38-31(9,10)11)26(27(35)33-30(6,7)8)24-19-17-18-22(4)23(24)5/h17-19,21,25-26H,12-16,20H2,1-11H3,(H,32,37)(H,33,35). The van der Waals surface area contributed by atoms with Crippen molar-refractivity contribution in [3.05, 3.63) is 34.9 Å². The molecule has 0 spiro atoms. The number of carbonyl (C=O) groups is 3. The van der Waals surface area contributed by atoms with E-state index < -0.39 is 29.3 Å². The van der Waals surface area contributed by atoms with E-state index in [9.17, 15) is 14.4 Å². The van der Waals surface area contributed by atoms with E-state index in [0.29, 0.717) is 13.0 Å². The molecule has 3 atom stereocenters. The van der Waals surface area contributed by atoms with E-state index in [1.165, 1.54) is 0 Å². The minimum Gasteiger partial charge on any atom is -0.444 e. The molecule has 0 aliphatic carbocycles. The maximum Gasteiger partial charge on any atom is 0.408 e. The lowest BCUT2D eigenvalue weighted by Crippen LogP contribution is -2.56. The zero-order valence-electron chi connectivity index (χ0n) is 25.8. The van der Waals surface area contributed by atoms with Crippen LogP contribution in [0.15, 0.2) is 18.2 Å². The zero-order chi connectivity index (χ0) is 29.3. The van der Waals surface area contributed by atoms with E-state index in [1.54, 1.807) is 25.7 Å². The van der Waals surface area contributed by atoms with Gasteiger partial charge in [-0.1, -0.05) is 64.7 Å². The van der Waals surface area contributed by atoms with Crippen LogP contribution in [-0.4, -0.2) is 46.5 Å². The van der Waals surface area contributed by atoms with Gasteiger partial charge in [0.05, 0.1) is 0 Å². The third kappa shape index (κ3) is 10.7. The molecule has 0 radical (unpaired) electrons. The van der Waals surface area contributed by atoms with Gasteiger partial charge in [-0.05, 0) is 84.4 Å². The van der Waals surface area contributed by atoms with Gasteiger partial charge in [0.15, 0.2) is 0 Å². The Labute approximate surface area is 231 Å². The molecule has 0 saturated heterocycles. The highest BCUT2D eigenvalue weighted by atomic mass is 16.6. The van der Waals surface area contributed by atoms with Crippen molar-refractivity contribution in [2.75, 3.05) is 6.54 Å². The normalized spacial score (nSPS) is 14.3. The van der Waals surface area contributed by atoms with Crippen molar-refractivity contribution in [1.82, 2.24) is 15.5 Å². The molecule has 3 amide bonds. The predicted octanol–water partition coefficient (Wildman–Crippen LogP) is 6.61. The minimum absolute atomic E-state index is 0.155. The number of ether oxygens (including phenoxy) is 1. The molecular weight excluding hydrogens is 478 g/mol. The van der Waals surface area contributed by atoms with Crippen molar-refractivity contribution >= 4 is 17.9 Å². The number of alkyl carbamates (subject to hydrolysis) is 1. The Morgan fingerprint density at radius 3 is 2.13 bits per heavy atom. The summed E-state index contributed by atoms with van der Waals surface area (Å²) in [6.45, 7) is 21.7. The van der Waals surface area contributed by atoms with Crippen molar-refractivity contribution in [1.29, 1.82) is 0 Å². The number of carbonyl (C=O) groups excluding carboxylic acids is 3. The first kappa shape index (κ1) is 33.5. The number of aryl methyl sites for hydroxylation is 1. The summed E-state index contributed by atoms with van der Waals surface area (Å²) in [5.41, 5.74) is 1.67. The van der Waals surface area contributed by atoms with E-state index in [0.717, 1.165) is 42.4 Å². The van der Waals surface area contributed by atoms with Gasteiger partial charge in [-0.3, -0.25) is 9.59 Å². The molecule has 7 nitrogen and oxygen atoms in total. The van der Waals surface area contributed by atoms with Crippen molar-refractivity contribution < 1.29 is 19.1 Å². The molecule has 0 saturated carbocycles. The Kier molecular flexibility index (Phi) is 12.8. The fraction of sp³-hybridized carbons (Fsp3) is 0.710. The molecule has 0 heterocycles. The average molecular weight is 532 g/mol. The van der Waals surface area contributed by atoms with Crippen LogP contribution < -0.4 is 10.6 Å². The molecule has 216 valence electrons. The molecule has 0 aliphatic rings. The molecular formula is C31H53N3O4. The summed E-state index contributed by atoms with van der Waals surface area (Å²) in [4.78, 5) is 42.8.